The van der Waals surface area contributed by atoms with Crippen molar-refractivity contribution in [2.75, 3.05) is 0 Å². The Balaban J connectivity index is 1.21. The van der Waals surface area contributed by atoms with E-state index in [1.54, 1.807) is 0 Å². The van der Waals surface area contributed by atoms with Crippen molar-refractivity contribution in [1.29, 1.82) is 0 Å². The average Bonchev–Trinajstić information content (AvgIpc) is 3.32. The van der Waals surface area contributed by atoms with Gasteiger partial charge in [0.15, 0.2) is 0 Å². The molecular formula is C32H18N4O. The lowest BCUT2D eigenvalue weighted by molar-refractivity contribution is 0.655. The predicted octanol–water partition coefficient (Wildman–Crippen LogP) is 7.96. The van der Waals surface area contributed by atoms with Crippen molar-refractivity contribution in [2.24, 2.45) is 0 Å². The van der Waals surface area contributed by atoms with Gasteiger partial charge in [-0.2, -0.15) is 0 Å². The minimum absolute atomic E-state index is 0.561. The topological polar surface area (TPSA) is 64.7 Å². The van der Waals surface area contributed by atoms with Gasteiger partial charge in [-0.25, -0.2) is 15.0 Å². The minimum atomic E-state index is 0.561. The highest BCUT2D eigenvalue weighted by atomic mass is 16.3. The monoisotopic (exact) mass is 474 g/mol. The highest BCUT2D eigenvalue weighted by molar-refractivity contribution is 6.05. The van der Waals surface area contributed by atoms with Gasteiger partial charge >= 0.3 is 0 Å². The molecule has 4 aromatic heterocycles. The highest BCUT2D eigenvalue weighted by Gasteiger charge is 2.13. The van der Waals surface area contributed by atoms with Crippen molar-refractivity contribution in [1.82, 2.24) is 19.9 Å². The van der Waals surface area contributed by atoms with Gasteiger partial charge in [0.05, 0.1) is 27.8 Å². The van der Waals surface area contributed by atoms with E-state index in [4.69, 9.17) is 14.4 Å². The maximum atomic E-state index is 6.01. The van der Waals surface area contributed by atoms with Crippen LogP contribution in [-0.4, -0.2) is 19.9 Å². The van der Waals surface area contributed by atoms with Gasteiger partial charge in [0, 0.05) is 27.9 Å². The number of nitrogens with zero attached hydrogens (tertiary/aromatic N) is 4. The smallest absolute Gasteiger partial charge is 0.246 e. The summed E-state index contributed by atoms with van der Waals surface area (Å²) in [4.78, 5) is 19.0. The molecule has 0 aliphatic carbocycles. The van der Waals surface area contributed by atoms with Gasteiger partial charge in [0.25, 0.3) is 0 Å². The van der Waals surface area contributed by atoms with Crippen LogP contribution in [0.3, 0.4) is 0 Å². The molecule has 4 aromatic carbocycles. The third kappa shape index (κ3) is 3.18. The van der Waals surface area contributed by atoms with E-state index in [0.29, 0.717) is 5.71 Å². The third-order valence-electron chi connectivity index (χ3n) is 6.93. The SMILES string of the molecule is c1cnc2c(c1)ccc1ccc(-c3ccc(-c4ccc5oc6nc7ccccc7nc6c5c4)cc3)nc12. The maximum absolute atomic E-state index is 6.01. The fraction of sp³-hybridized carbons (Fsp3) is 0. The van der Waals surface area contributed by atoms with Crippen molar-refractivity contribution in [2.45, 2.75) is 0 Å². The molecule has 0 bridgehead atoms. The van der Waals surface area contributed by atoms with E-state index in [2.05, 4.69) is 76.7 Å². The molecule has 0 aliphatic heterocycles. The summed E-state index contributed by atoms with van der Waals surface area (Å²) in [6.07, 6.45) is 1.82. The van der Waals surface area contributed by atoms with Crippen molar-refractivity contribution < 1.29 is 4.42 Å². The quantitative estimate of drug-likeness (QED) is 0.238. The minimum Gasteiger partial charge on any atom is -0.436 e. The Morgan fingerprint density at radius 1 is 0.514 bits per heavy atom. The van der Waals surface area contributed by atoms with Crippen LogP contribution in [0.15, 0.2) is 114 Å². The number of hydrogen-bond acceptors (Lipinski definition) is 5. The molecule has 0 atom stereocenters. The molecule has 0 aliphatic rings. The van der Waals surface area contributed by atoms with Crippen LogP contribution in [-0.2, 0) is 0 Å². The van der Waals surface area contributed by atoms with Gasteiger partial charge in [-0.05, 0) is 47.5 Å². The van der Waals surface area contributed by atoms with Crippen molar-refractivity contribution in [3.63, 3.8) is 0 Å². The summed E-state index contributed by atoms with van der Waals surface area (Å²) >= 11 is 0. The molecule has 37 heavy (non-hydrogen) atoms. The second-order valence-electron chi connectivity index (χ2n) is 9.17. The van der Waals surface area contributed by atoms with Gasteiger partial charge in [0.2, 0.25) is 5.71 Å². The van der Waals surface area contributed by atoms with Crippen LogP contribution in [0.4, 0.5) is 0 Å². The van der Waals surface area contributed by atoms with Crippen LogP contribution in [0.1, 0.15) is 0 Å². The molecule has 8 rings (SSSR count). The largest absolute Gasteiger partial charge is 0.436 e. The molecule has 4 heterocycles. The lowest BCUT2D eigenvalue weighted by Gasteiger charge is -2.07. The van der Waals surface area contributed by atoms with E-state index >= 15 is 0 Å². The Labute approximate surface area is 211 Å². The first kappa shape index (κ1) is 20.1. The maximum Gasteiger partial charge on any atom is 0.246 e. The Bertz CT molecular complexity index is 2150. The van der Waals surface area contributed by atoms with Gasteiger partial charge in [-0.15, -0.1) is 0 Å². The molecule has 0 saturated carbocycles. The second-order valence-corrected chi connectivity index (χ2v) is 9.17. The van der Waals surface area contributed by atoms with Crippen LogP contribution in [0.25, 0.3) is 77.4 Å². The Hall–Kier alpha value is -5.16. The summed E-state index contributed by atoms with van der Waals surface area (Å²) < 4.78 is 6.01. The lowest BCUT2D eigenvalue weighted by atomic mass is 10.0. The normalized spacial score (nSPS) is 11.8. The number of para-hydroxylation sites is 2. The number of furan rings is 1. The average molecular weight is 475 g/mol. The van der Waals surface area contributed by atoms with E-state index < -0.39 is 0 Å². The van der Waals surface area contributed by atoms with Crippen molar-refractivity contribution >= 4 is 55.0 Å². The molecule has 0 N–H and O–H groups in total. The Morgan fingerprint density at radius 3 is 2.11 bits per heavy atom. The standard InChI is InChI=1S/C32H18N4O/c1-2-6-27-26(5-1)35-31-24-18-23(14-16-28(24)37-32(31)36-27)19-7-9-20(10-8-19)25-15-13-22-12-11-21-4-3-17-33-29(21)30(22)34-25/h1-18H. The van der Waals surface area contributed by atoms with Crippen molar-refractivity contribution in [3.8, 4) is 22.4 Å². The number of rotatable bonds is 2. The predicted molar refractivity (Wildman–Crippen MR) is 148 cm³/mol. The highest BCUT2D eigenvalue weighted by Crippen LogP contribution is 2.33. The molecule has 172 valence electrons. The van der Waals surface area contributed by atoms with Crippen LogP contribution in [0, 0.1) is 0 Å². The van der Waals surface area contributed by atoms with E-state index in [9.17, 15) is 0 Å². The first-order valence-corrected chi connectivity index (χ1v) is 12.1. The first-order valence-electron chi connectivity index (χ1n) is 12.1. The van der Waals surface area contributed by atoms with Crippen LogP contribution >= 0.6 is 0 Å². The Morgan fingerprint density at radius 2 is 1.24 bits per heavy atom. The van der Waals surface area contributed by atoms with E-state index in [1.165, 1.54) is 0 Å². The first-order chi connectivity index (χ1) is 18.3. The summed E-state index contributed by atoms with van der Waals surface area (Å²) in [5.41, 5.74) is 9.86. The molecule has 0 fully saturated rings. The fourth-order valence-corrected chi connectivity index (χ4v) is 5.04. The molecule has 8 aromatic rings. The molecule has 0 spiro atoms. The van der Waals surface area contributed by atoms with Gasteiger partial charge < -0.3 is 4.42 Å². The number of hydrogen-bond donors (Lipinski definition) is 0. The van der Waals surface area contributed by atoms with Crippen LogP contribution in [0.2, 0.25) is 0 Å². The zero-order valence-corrected chi connectivity index (χ0v) is 19.6. The van der Waals surface area contributed by atoms with Crippen molar-refractivity contribution in [3.05, 3.63) is 109 Å². The molecule has 5 nitrogen and oxygen atoms in total. The summed E-state index contributed by atoms with van der Waals surface area (Å²) in [7, 11) is 0. The lowest BCUT2D eigenvalue weighted by Crippen LogP contribution is -1.89. The fourth-order valence-electron chi connectivity index (χ4n) is 5.04. The second kappa shape index (κ2) is 7.67. The zero-order valence-electron chi connectivity index (χ0n) is 19.6. The Kier molecular flexibility index (Phi) is 4.16. The number of benzene rings is 4. The molecule has 0 saturated heterocycles. The van der Waals surface area contributed by atoms with Gasteiger partial charge in [-0.1, -0.05) is 66.7 Å². The van der Waals surface area contributed by atoms with Crippen LogP contribution < -0.4 is 0 Å². The van der Waals surface area contributed by atoms with E-state index in [-0.39, 0.29) is 0 Å². The number of aromatic nitrogens is 4. The number of pyridine rings is 2. The summed E-state index contributed by atoms with van der Waals surface area (Å²) in [5, 5.41) is 3.14. The molecular weight excluding hydrogens is 456 g/mol. The zero-order chi connectivity index (χ0) is 24.3. The third-order valence-corrected chi connectivity index (χ3v) is 6.93. The molecule has 0 unspecified atom stereocenters. The van der Waals surface area contributed by atoms with Gasteiger partial charge in [0.1, 0.15) is 11.1 Å². The summed E-state index contributed by atoms with van der Waals surface area (Å²) in [5.74, 6) is 0. The molecule has 0 radical (unpaired) electrons. The van der Waals surface area contributed by atoms with Crippen LogP contribution in [0.5, 0.6) is 0 Å². The summed E-state index contributed by atoms with van der Waals surface area (Å²) in [6, 6.07) is 35.0. The number of fused-ring (bicyclic) bond motifs is 7. The summed E-state index contributed by atoms with van der Waals surface area (Å²) in [6.45, 7) is 0. The molecule has 5 heteroatoms. The van der Waals surface area contributed by atoms with E-state index in [0.717, 1.165) is 71.7 Å². The van der Waals surface area contributed by atoms with Gasteiger partial charge in [-0.3, -0.25) is 4.98 Å². The molecule has 0 amide bonds. The van der Waals surface area contributed by atoms with E-state index in [1.807, 2.05) is 42.6 Å².